The van der Waals surface area contributed by atoms with Crippen LogP contribution in [0.4, 0.5) is 0 Å². The minimum atomic E-state index is 0.382. The summed E-state index contributed by atoms with van der Waals surface area (Å²) in [5, 5.41) is 0. The van der Waals surface area contributed by atoms with Gasteiger partial charge in [-0.15, -0.1) is 0 Å². The second-order valence-electron chi connectivity index (χ2n) is 6.19. The van der Waals surface area contributed by atoms with Gasteiger partial charge in [-0.3, -0.25) is 4.90 Å². The molecule has 0 N–H and O–H groups in total. The van der Waals surface area contributed by atoms with Gasteiger partial charge in [-0.2, -0.15) is 0 Å². The van der Waals surface area contributed by atoms with E-state index < -0.39 is 0 Å². The summed E-state index contributed by atoms with van der Waals surface area (Å²) in [5.41, 5.74) is 2.58. The fraction of sp³-hybridized carbons (Fsp3) is 0.167. The Hall–Kier alpha value is -2.54. The lowest BCUT2D eigenvalue weighted by molar-refractivity contribution is 0.290. The third-order valence-electron chi connectivity index (χ3n) is 4.06. The van der Waals surface area contributed by atoms with Crippen molar-refractivity contribution in [3.05, 3.63) is 101 Å². The van der Waals surface area contributed by atoms with Crippen molar-refractivity contribution in [3.63, 3.8) is 0 Å². The topological polar surface area (TPSA) is 12.5 Å². The Morgan fingerprint density at radius 3 is 1.85 bits per heavy atom. The second-order valence-corrected chi connectivity index (χ2v) is 7.04. The molecule has 0 atom stereocenters. The zero-order chi connectivity index (χ0) is 18.7. The van der Waals surface area contributed by atoms with Crippen LogP contribution in [0.5, 0.6) is 5.75 Å². The number of hydrogen-bond donors (Lipinski definition) is 0. The Bertz CT molecular complexity index is 843. The molecule has 27 heavy (non-hydrogen) atoms. The predicted octanol–water partition coefficient (Wildman–Crippen LogP) is 5.53. The summed E-state index contributed by atoms with van der Waals surface area (Å²) in [6.45, 7) is 2.82. The molecular formula is C24H22BrNO. The minimum Gasteiger partial charge on any atom is -0.480 e. The molecule has 0 spiro atoms. The van der Waals surface area contributed by atoms with E-state index in [0.717, 1.165) is 23.3 Å². The number of benzene rings is 3. The molecule has 0 radical (unpaired) electrons. The molecule has 0 unspecified atom stereocenters. The van der Waals surface area contributed by atoms with Crippen molar-refractivity contribution in [3.8, 4) is 17.6 Å². The zero-order valence-corrected chi connectivity index (χ0v) is 16.7. The predicted molar refractivity (Wildman–Crippen MR) is 114 cm³/mol. The van der Waals surface area contributed by atoms with E-state index in [4.69, 9.17) is 4.74 Å². The van der Waals surface area contributed by atoms with Crippen molar-refractivity contribution in [1.82, 2.24) is 4.90 Å². The maximum absolute atomic E-state index is 5.72. The average Bonchev–Trinajstić information content (AvgIpc) is 2.70. The Balaban J connectivity index is 1.58. The molecular weight excluding hydrogens is 398 g/mol. The van der Waals surface area contributed by atoms with Gasteiger partial charge < -0.3 is 4.74 Å². The molecule has 2 nitrogen and oxygen atoms in total. The monoisotopic (exact) mass is 419 g/mol. The first-order valence-electron chi connectivity index (χ1n) is 8.94. The number of nitrogens with zero attached hydrogens (tertiary/aromatic N) is 1. The van der Waals surface area contributed by atoms with E-state index in [0.29, 0.717) is 13.2 Å². The second kappa shape index (κ2) is 10.6. The van der Waals surface area contributed by atoms with Gasteiger partial charge in [-0.25, -0.2) is 0 Å². The largest absolute Gasteiger partial charge is 0.480 e. The molecule has 0 saturated heterocycles. The van der Waals surface area contributed by atoms with Crippen molar-refractivity contribution in [2.75, 3.05) is 13.2 Å². The molecule has 0 aliphatic rings. The van der Waals surface area contributed by atoms with Crippen LogP contribution in [0.3, 0.4) is 0 Å². The van der Waals surface area contributed by atoms with E-state index in [1.54, 1.807) is 0 Å². The van der Waals surface area contributed by atoms with Gasteiger partial charge in [0.05, 0.1) is 11.0 Å². The van der Waals surface area contributed by atoms with Gasteiger partial charge in [-0.05, 0) is 39.2 Å². The summed E-state index contributed by atoms with van der Waals surface area (Å²) < 4.78 is 6.66. The first-order chi connectivity index (χ1) is 13.3. The van der Waals surface area contributed by atoms with E-state index in [9.17, 15) is 0 Å². The maximum atomic E-state index is 5.72. The van der Waals surface area contributed by atoms with E-state index in [-0.39, 0.29) is 0 Å². The van der Waals surface area contributed by atoms with Crippen molar-refractivity contribution < 1.29 is 4.74 Å². The van der Waals surface area contributed by atoms with Crippen molar-refractivity contribution in [1.29, 1.82) is 0 Å². The smallest absolute Gasteiger partial charge is 0.149 e. The quantitative estimate of drug-likeness (QED) is 0.466. The highest BCUT2D eigenvalue weighted by Crippen LogP contribution is 2.23. The Morgan fingerprint density at radius 2 is 1.26 bits per heavy atom. The van der Waals surface area contributed by atoms with Crippen molar-refractivity contribution >= 4 is 15.9 Å². The summed E-state index contributed by atoms with van der Waals surface area (Å²) in [5.74, 6) is 7.20. The summed E-state index contributed by atoms with van der Waals surface area (Å²) >= 11 is 3.48. The molecule has 136 valence electrons. The highest BCUT2D eigenvalue weighted by Gasteiger charge is 2.05. The van der Waals surface area contributed by atoms with Crippen LogP contribution in [-0.4, -0.2) is 18.1 Å². The summed E-state index contributed by atoms with van der Waals surface area (Å²) in [6.07, 6.45) is 0. The molecule has 0 saturated carbocycles. The molecule has 3 rings (SSSR count). The highest BCUT2D eigenvalue weighted by atomic mass is 79.9. The minimum absolute atomic E-state index is 0.382. The van der Waals surface area contributed by atoms with Gasteiger partial charge in [0.1, 0.15) is 12.4 Å². The number of hydrogen-bond acceptors (Lipinski definition) is 2. The van der Waals surface area contributed by atoms with Gasteiger partial charge in [0.15, 0.2) is 0 Å². The van der Waals surface area contributed by atoms with Gasteiger partial charge in [-0.1, -0.05) is 84.6 Å². The molecule has 3 aromatic rings. The first kappa shape index (κ1) is 19.2. The SMILES string of the molecule is Brc1ccccc1OCC#CCN(Cc1ccccc1)Cc1ccccc1. The van der Waals surface area contributed by atoms with Crippen LogP contribution in [0.15, 0.2) is 89.4 Å². The van der Waals surface area contributed by atoms with Crippen LogP contribution < -0.4 is 4.74 Å². The van der Waals surface area contributed by atoms with Gasteiger partial charge in [0.25, 0.3) is 0 Å². The highest BCUT2D eigenvalue weighted by molar-refractivity contribution is 9.10. The fourth-order valence-corrected chi connectivity index (χ4v) is 3.14. The lowest BCUT2D eigenvalue weighted by Crippen LogP contribution is -2.23. The molecule has 0 aromatic heterocycles. The Morgan fingerprint density at radius 1 is 0.704 bits per heavy atom. The van der Waals surface area contributed by atoms with Crippen LogP contribution in [0.25, 0.3) is 0 Å². The summed E-state index contributed by atoms with van der Waals surface area (Å²) in [6, 6.07) is 28.8. The number of ether oxygens (including phenoxy) is 1. The fourth-order valence-electron chi connectivity index (χ4n) is 2.75. The zero-order valence-electron chi connectivity index (χ0n) is 15.1. The summed E-state index contributed by atoms with van der Waals surface area (Å²) in [4.78, 5) is 2.34. The van der Waals surface area contributed by atoms with Crippen LogP contribution in [0.2, 0.25) is 0 Å². The molecule has 3 heteroatoms. The van der Waals surface area contributed by atoms with Crippen LogP contribution in [0, 0.1) is 11.8 Å². The lowest BCUT2D eigenvalue weighted by Gasteiger charge is -2.20. The van der Waals surface area contributed by atoms with E-state index >= 15 is 0 Å². The molecule has 0 amide bonds. The third kappa shape index (κ3) is 6.60. The Kier molecular flexibility index (Phi) is 7.53. The molecule has 3 aromatic carbocycles. The average molecular weight is 420 g/mol. The molecule has 0 heterocycles. The standard InChI is InChI=1S/C24H22BrNO/c25-23-15-7-8-16-24(23)27-18-10-9-17-26(19-21-11-3-1-4-12-21)20-22-13-5-2-6-14-22/h1-8,11-16H,17-20H2. The van der Waals surface area contributed by atoms with Gasteiger partial charge in [0, 0.05) is 13.1 Å². The van der Waals surface area contributed by atoms with Gasteiger partial charge >= 0.3 is 0 Å². The molecule has 0 bridgehead atoms. The number of rotatable bonds is 7. The van der Waals surface area contributed by atoms with Crippen LogP contribution in [0.1, 0.15) is 11.1 Å². The normalized spacial score (nSPS) is 10.3. The molecule has 0 aliphatic carbocycles. The third-order valence-corrected chi connectivity index (χ3v) is 4.72. The van der Waals surface area contributed by atoms with Crippen molar-refractivity contribution in [2.45, 2.75) is 13.1 Å². The first-order valence-corrected chi connectivity index (χ1v) is 9.74. The van der Waals surface area contributed by atoms with E-state index in [2.05, 4.69) is 81.2 Å². The van der Waals surface area contributed by atoms with Crippen LogP contribution >= 0.6 is 15.9 Å². The van der Waals surface area contributed by atoms with E-state index in [1.807, 2.05) is 36.4 Å². The maximum Gasteiger partial charge on any atom is 0.149 e. The van der Waals surface area contributed by atoms with E-state index in [1.165, 1.54) is 11.1 Å². The van der Waals surface area contributed by atoms with Crippen molar-refractivity contribution in [2.24, 2.45) is 0 Å². The number of halogens is 1. The van der Waals surface area contributed by atoms with Crippen LogP contribution in [-0.2, 0) is 13.1 Å². The summed E-state index contributed by atoms with van der Waals surface area (Å²) in [7, 11) is 0. The molecule has 0 fully saturated rings. The number of para-hydroxylation sites is 1. The lowest BCUT2D eigenvalue weighted by atomic mass is 10.1. The van der Waals surface area contributed by atoms with Gasteiger partial charge in [0.2, 0.25) is 0 Å². The Labute approximate surface area is 169 Å². The molecule has 0 aliphatic heterocycles.